The summed E-state index contributed by atoms with van der Waals surface area (Å²) in [6, 6.07) is 25.3. The van der Waals surface area contributed by atoms with Gasteiger partial charge in [0.15, 0.2) is 24.1 Å². The van der Waals surface area contributed by atoms with Gasteiger partial charge in [-0.3, -0.25) is 0 Å². The van der Waals surface area contributed by atoms with Crippen LogP contribution in [0.2, 0.25) is 0 Å². The predicted octanol–water partition coefficient (Wildman–Crippen LogP) is 2.26. The second kappa shape index (κ2) is 10.4. The maximum Gasteiger partial charge on any atom is 0.361 e. The molecule has 0 bridgehead atoms. The minimum atomic E-state index is -0.390. The van der Waals surface area contributed by atoms with E-state index in [1.807, 2.05) is 64.6 Å². The number of hydrogen-bond donors (Lipinski definition) is 1. The Morgan fingerprint density at radius 1 is 0.971 bits per heavy atom. The molecule has 0 spiro atoms. The van der Waals surface area contributed by atoms with Crippen LogP contribution in [0.25, 0.3) is 0 Å². The smallest absolute Gasteiger partial charge is 0.361 e. The van der Waals surface area contributed by atoms with Crippen molar-refractivity contribution in [3.63, 3.8) is 0 Å². The van der Waals surface area contributed by atoms with Crippen molar-refractivity contribution < 1.29 is 24.3 Å². The van der Waals surface area contributed by atoms with Crippen molar-refractivity contribution >= 4 is 5.97 Å². The van der Waals surface area contributed by atoms with Gasteiger partial charge in [0.05, 0.1) is 6.61 Å². The number of nitrogens with two attached hydrogens (primary N) is 1. The van der Waals surface area contributed by atoms with Gasteiger partial charge in [0.2, 0.25) is 12.6 Å². The molecule has 178 valence electrons. The van der Waals surface area contributed by atoms with Crippen LogP contribution in [-0.4, -0.2) is 46.1 Å². The van der Waals surface area contributed by atoms with Gasteiger partial charge in [0, 0.05) is 5.56 Å². The molecule has 35 heavy (non-hydrogen) atoms. The number of esters is 1. The lowest BCUT2D eigenvalue weighted by atomic mass is 9.98. The van der Waals surface area contributed by atoms with Crippen molar-refractivity contribution in [2.75, 3.05) is 19.9 Å². The number of nitrogens with zero attached hydrogens (tertiary/aromatic N) is 4. The van der Waals surface area contributed by atoms with Crippen LogP contribution >= 0.6 is 0 Å². The zero-order valence-corrected chi connectivity index (χ0v) is 19.3. The lowest BCUT2D eigenvalue weighted by Crippen LogP contribution is -2.87. The molecule has 9 heteroatoms. The molecule has 2 N–H and O–H groups in total. The number of ether oxygens (including phenoxy) is 3. The number of aromatic nitrogens is 4. The highest BCUT2D eigenvalue weighted by atomic mass is 16.7. The Bertz CT molecular complexity index is 1240. The lowest BCUT2D eigenvalue weighted by molar-refractivity contribution is -0.679. The zero-order chi connectivity index (χ0) is 24.0. The fourth-order valence-corrected chi connectivity index (χ4v) is 4.27. The van der Waals surface area contributed by atoms with E-state index in [0.29, 0.717) is 23.9 Å². The van der Waals surface area contributed by atoms with Gasteiger partial charge in [-0.25, -0.2) is 9.48 Å². The summed E-state index contributed by atoms with van der Waals surface area (Å²) in [5, 5.41) is 14.8. The first-order valence-corrected chi connectivity index (χ1v) is 11.5. The number of quaternary nitrogens is 1. The first kappa shape index (κ1) is 22.5. The average molecular weight is 473 g/mol. The zero-order valence-electron chi connectivity index (χ0n) is 19.3. The molecule has 0 saturated heterocycles. The van der Waals surface area contributed by atoms with E-state index in [1.165, 1.54) is 0 Å². The van der Waals surface area contributed by atoms with Gasteiger partial charge in [0.1, 0.15) is 6.04 Å². The van der Waals surface area contributed by atoms with Crippen LogP contribution in [0.3, 0.4) is 0 Å². The highest BCUT2D eigenvalue weighted by Gasteiger charge is 2.31. The quantitative estimate of drug-likeness (QED) is 0.373. The predicted molar refractivity (Wildman–Crippen MR) is 126 cm³/mol. The van der Waals surface area contributed by atoms with Crippen LogP contribution in [0.1, 0.15) is 41.5 Å². The topological polar surface area (TPSA) is 105 Å². The highest BCUT2D eigenvalue weighted by molar-refractivity contribution is 5.70. The summed E-state index contributed by atoms with van der Waals surface area (Å²) in [6.45, 7) is 2.40. The minimum absolute atomic E-state index is 0.112. The third-order valence-corrected chi connectivity index (χ3v) is 5.85. The number of fused-ring (bicyclic) bond motifs is 1. The Balaban J connectivity index is 1.58. The van der Waals surface area contributed by atoms with E-state index < -0.39 is 0 Å². The van der Waals surface area contributed by atoms with Crippen molar-refractivity contribution in [1.82, 2.24) is 20.2 Å². The number of rotatable bonds is 9. The molecule has 0 unspecified atom stereocenters. The summed E-state index contributed by atoms with van der Waals surface area (Å²) in [4.78, 5) is 12.2. The molecule has 1 atom stereocenters. The molecule has 0 saturated carbocycles. The van der Waals surface area contributed by atoms with E-state index in [2.05, 4.69) is 39.8 Å². The summed E-state index contributed by atoms with van der Waals surface area (Å²) >= 11 is 0. The van der Waals surface area contributed by atoms with Crippen LogP contribution in [0.4, 0.5) is 0 Å². The van der Waals surface area contributed by atoms with E-state index in [1.54, 1.807) is 6.92 Å². The van der Waals surface area contributed by atoms with Gasteiger partial charge in [0.25, 0.3) is 0 Å². The molecule has 1 aliphatic rings. The van der Waals surface area contributed by atoms with Crippen LogP contribution < -0.4 is 14.8 Å². The maximum atomic E-state index is 12.2. The Morgan fingerprint density at radius 2 is 1.66 bits per heavy atom. The fraction of sp³-hybridized carbons (Fsp3) is 0.231. The van der Waals surface area contributed by atoms with E-state index in [-0.39, 0.29) is 31.4 Å². The van der Waals surface area contributed by atoms with Gasteiger partial charge >= 0.3 is 5.97 Å². The van der Waals surface area contributed by atoms with E-state index in [9.17, 15) is 4.79 Å². The van der Waals surface area contributed by atoms with Crippen molar-refractivity contribution in [2.45, 2.75) is 19.0 Å². The standard InChI is InChI=1S/C26H25N5O4/c1-2-33-23(32)16-27-24(20-13-14-21-22(15-20)35-17-34-21)26-28-29-30-31(26)25(18-9-5-3-6-10-18)19-11-7-4-8-12-19/h3-15,24-25,27H,2,16-17H2,1H3/p+1/t24-/m1/s1. The second-order valence-corrected chi connectivity index (χ2v) is 8.04. The summed E-state index contributed by atoms with van der Waals surface area (Å²) in [6.07, 6.45) is 0. The fourth-order valence-electron chi connectivity index (χ4n) is 4.27. The molecular weight excluding hydrogens is 446 g/mol. The van der Waals surface area contributed by atoms with E-state index in [4.69, 9.17) is 14.2 Å². The summed E-state index contributed by atoms with van der Waals surface area (Å²) in [7, 11) is 0. The van der Waals surface area contributed by atoms with Crippen molar-refractivity contribution in [2.24, 2.45) is 0 Å². The molecule has 4 aromatic rings. The van der Waals surface area contributed by atoms with E-state index in [0.717, 1.165) is 16.7 Å². The monoisotopic (exact) mass is 472 g/mol. The number of carbonyl (C=O) groups is 1. The molecule has 0 fully saturated rings. The normalized spacial score (nSPS) is 13.1. The highest BCUT2D eigenvalue weighted by Crippen LogP contribution is 2.35. The Morgan fingerprint density at radius 3 is 2.34 bits per heavy atom. The Labute approximate surface area is 202 Å². The van der Waals surface area contributed by atoms with Crippen LogP contribution in [0.5, 0.6) is 11.5 Å². The molecule has 3 aromatic carbocycles. The van der Waals surface area contributed by atoms with Crippen LogP contribution in [0, 0.1) is 0 Å². The van der Waals surface area contributed by atoms with Crippen molar-refractivity contribution in [3.05, 3.63) is 101 Å². The molecule has 9 nitrogen and oxygen atoms in total. The van der Waals surface area contributed by atoms with Crippen molar-refractivity contribution in [1.29, 1.82) is 0 Å². The van der Waals surface area contributed by atoms with Gasteiger partial charge < -0.3 is 19.5 Å². The molecule has 5 rings (SSSR count). The number of carbonyl (C=O) groups excluding carboxylic acids is 1. The van der Waals surface area contributed by atoms with Gasteiger partial charge in [-0.15, -0.1) is 5.10 Å². The number of tetrazole rings is 1. The Hall–Kier alpha value is -4.24. The molecular formula is C26H26N5O4+. The third-order valence-electron chi connectivity index (χ3n) is 5.85. The summed E-state index contributed by atoms with van der Waals surface area (Å²) < 4.78 is 18.1. The summed E-state index contributed by atoms with van der Waals surface area (Å²) in [5.41, 5.74) is 2.97. The first-order valence-electron chi connectivity index (χ1n) is 11.5. The van der Waals surface area contributed by atoms with Crippen molar-refractivity contribution in [3.8, 4) is 11.5 Å². The lowest BCUT2D eigenvalue weighted by Gasteiger charge is -2.22. The SMILES string of the molecule is CCOC(=O)C[NH2+][C@H](c1ccc2c(c1)OCO2)c1nnnn1C(c1ccccc1)c1ccccc1. The summed E-state index contributed by atoms with van der Waals surface area (Å²) in [5.74, 6) is 1.63. The Kier molecular flexibility index (Phi) is 6.67. The van der Waals surface area contributed by atoms with E-state index >= 15 is 0 Å². The molecule has 1 aromatic heterocycles. The van der Waals surface area contributed by atoms with Crippen LogP contribution in [-0.2, 0) is 9.53 Å². The maximum absolute atomic E-state index is 12.2. The van der Waals surface area contributed by atoms with Gasteiger partial charge in [-0.05, 0) is 46.7 Å². The first-order chi connectivity index (χ1) is 17.2. The molecule has 0 aliphatic carbocycles. The molecule has 2 heterocycles. The molecule has 0 amide bonds. The minimum Gasteiger partial charge on any atom is -0.462 e. The molecule has 0 radical (unpaired) electrons. The second-order valence-electron chi connectivity index (χ2n) is 8.04. The van der Waals surface area contributed by atoms with Gasteiger partial charge in [-0.2, -0.15) is 0 Å². The average Bonchev–Trinajstić information content (AvgIpc) is 3.56. The van der Waals surface area contributed by atoms with Crippen LogP contribution in [0.15, 0.2) is 78.9 Å². The number of benzene rings is 3. The van der Waals surface area contributed by atoms with Gasteiger partial charge in [-0.1, -0.05) is 60.7 Å². The third kappa shape index (κ3) is 4.85. The number of hydrogen-bond acceptors (Lipinski definition) is 7. The molecule has 1 aliphatic heterocycles. The largest absolute Gasteiger partial charge is 0.462 e.